The van der Waals surface area contributed by atoms with Crippen LogP contribution in [0.4, 0.5) is 10.1 Å². The molecule has 0 unspecified atom stereocenters. The minimum atomic E-state index is -1.14. The van der Waals surface area contributed by atoms with Gasteiger partial charge in [0.05, 0.1) is 5.56 Å². The van der Waals surface area contributed by atoms with Crippen LogP contribution in [0, 0.1) is 5.82 Å². The van der Waals surface area contributed by atoms with E-state index in [9.17, 15) is 9.18 Å². The lowest BCUT2D eigenvalue weighted by molar-refractivity contribution is 0.0696. The third-order valence-electron chi connectivity index (χ3n) is 2.29. The standard InChI is InChI=1S/C13H10FNO2S/c14-11-7-8(13(16)17)1-6-12(11)18-10-4-2-9(15)3-5-10/h1-7H,15H2,(H,16,17). The van der Waals surface area contributed by atoms with E-state index in [-0.39, 0.29) is 5.56 Å². The summed E-state index contributed by atoms with van der Waals surface area (Å²) in [5, 5.41) is 8.73. The van der Waals surface area contributed by atoms with Crippen LogP contribution in [0.15, 0.2) is 52.3 Å². The zero-order valence-electron chi connectivity index (χ0n) is 9.26. The van der Waals surface area contributed by atoms with Crippen molar-refractivity contribution in [3.8, 4) is 0 Å². The molecule has 0 radical (unpaired) electrons. The first kappa shape index (κ1) is 12.4. The molecular formula is C13H10FNO2S. The summed E-state index contributed by atoms with van der Waals surface area (Å²) in [4.78, 5) is 11.9. The van der Waals surface area contributed by atoms with Crippen molar-refractivity contribution in [1.82, 2.24) is 0 Å². The fourth-order valence-electron chi connectivity index (χ4n) is 1.38. The predicted octanol–water partition coefficient (Wildman–Crippen LogP) is 3.26. The van der Waals surface area contributed by atoms with Gasteiger partial charge in [-0.25, -0.2) is 9.18 Å². The summed E-state index contributed by atoms with van der Waals surface area (Å²) in [5.41, 5.74) is 6.13. The van der Waals surface area contributed by atoms with E-state index < -0.39 is 11.8 Å². The Bertz CT molecular complexity index is 584. The third-order valence-corrected chi connectivity index (χ3v) is 3.35. The van der Waals surface area contributed by atoms with E-state index in [1.165, 1.54) is 23.9 Å². The molecule has 3 nitrogen and oxygen atoms in total. The van der Waals surface area contributed by atoms with Gasteiger partial charge in [-0.05, 0) is 42.5 Å². The number of nitrogen functional groups attached to an aromatic ring is 1. The first-order valence-corrected chi connectivity index (χ1v) is 5.94. The highest BCUT2D eigenvalue weighted by Gasteiger charge is 2.09. The molecule has 0 fully saturated rings. The first-order chi connectivity index (χ1) is 8.56. The van der Waals surface area contributed by atoms with Crippen molar-refractivity contribution in [2.45, 2.75) is 9.79 Å². The lowest BCUT2D eigenvalue weighted by atomic mass is 10.2. The second-order valence-corrected chi connectivity index (χ2v) is 4.74. The lowest BCUT2D eigenvalue weighted by Crippen LogP contribution is -1.97. The average Bonchev–Trinajstić information content (AvgIpc) is 2.34. The molecule has 0 saturated heterocycles. The Hall–Kier alpha value is -2.01. The highest BCUT2D eigenvalue weighted by atomic mass is 32.2. The Labute approximate surface area is 107 Å². The monoisotopic (exact) mass is 263 g/mol. The molecule has 2 rings (SSSR count). The van der Waals surface area contributed by atoms with Gasteiger partial charge < -0.3 is 10.8 Å². The van der Waals surface area contributed by atoms with Crippen molar-refractivity contribution in [1.29, 1.82) is 0 Å². The molecule has 0 aliphatic carbocycles. The second-order valence-electron chi connectivity index (χ2n) is 3.62. The van der Waals surface area contributed by atoms with Crippen LogP contribution in [0.5, 0.6) is 0 Å². The summed E-state index contributed by atoms with van der Waals surface area (Å²) < 4.78 is 13.7. The fraction of sp³-hybridized carbons (Fsp3) is 0. The number of hydrogen-bond donors (Lipinski definition) is 2. The number of halogens is 1. The van der Waals surface area contributed by atoms with Gasteiger partial charge in [-0.15, -0.1) is 0 Å². The van der Waals surface area contributed by atoms with Gasteiger partial charge in [0.15, 0.2) is 0 Å². The molecule has 2 aromatic carbocycles. The van der Waals surface area contributed by atoms with Gasteiger partial charge in [-0.3, -0.25) is 0 Å². The SMILES string of the molecule is Nc1ccc(Sc2ccc(C(=O)O)cc2F)cc1. The van der Waals surface area contributed by atoms with E-state index in [4.69, 9.17) is 10.8 Å². The van der Waals surface area contributed by atoms with Crippen molar-refractivity contribution in [2.75, 3.05) is 5.73 Å². The Balaban J connectivity index is 2.24. The van der Waals surface area contributed by atoms with E-state index >= 15 is 0 Å². The molecule has 0 amide bonds. The van der Waals surface area contributed by atoms with E-state index in [1.807, 2.05) is 0 Å². The van der Waals surface area contributed by atoms with Gasteiger partial charge in [0, 0.05) is 15.5 Å². The number of nitrogens with two attached hydrogens (primary N) is 1. The largest absolute Gasteiger partial charge is 0.478 e. The van der Waals surface area contributed by atoms with Crippen LogP contribution in [0.2, 0.25) is 0 Å². The fourth-order valence-corrected chi connectivity index (χ4v) is 2.20. The molecule has 0 bridgehead atoms. The number of carbonyl (C=O) groups is 1. The van der Waals surface area contributed by atoms with Gasteiger partial charge in [-0.1, -0.05) is 11.8 Å². The van der Waals surface area contributed by atoms with Crippen LogP contribution in [0.1, 0.15) is 10.4 Å². The molecule has 2 aromatic rings. The molecule has 0 aliphatic heterocycles. The molecule has 0 atom stereocenters. The zero-order valence-corrected chi connectivity index (χ0v) is 10.1. The Morgan fingerprint density at radius 2 is 1.83 bits per heavy atom. The van der Waals surface area contributed by atoms with Crippen molar-refractivity contribution in [3.05, 3.63) is 53.8 Å². The van der Waals surface area contributed by atoms with Gasteiger partial charge >= 0.3 is 5.97 Å². The van der Waals surface area contributed by atoms with Crippen LogP contribution in [0.3, 0.4) is 0 Å². The predicted molar refractivity (Wildman–Crippen MR) is 68.3 cm³/mol. The highest BCUT2D eigenvalue weighted by Crippen LogP contribution is 2.30. The van der Waals surface area contributed by atoms with E-state index in [2.05, 4.69) is 0 Å². The second kappa shape index (κ2) is 5.10. The summed E-state index contributed by atoms with van der Waals surface area (Å²) in [5.74, 6) is -1.69. The minimum Gasteiger partial charge on any atom is -0.478 e. The van der Waals surface area contributed by atoms with Crippen LogP contribution < -0.4 is 5.73 Å². The van der Waals surface area contributed by atoms with Crippen LogP contribution >= 0.6 is 11.8 Å². The maximum absolute atomic E-state index is 13.7. The van der Waals surface area contributed by atoms with Crippen molar-refractivity contribution < 1.29 is 14.3 Å². The highest BCUT2D eigenvalue weighted by molar-refractivity contribution is 7.99. The minimum absolute atomic E-state index is 0.0610. The molecule has 0 saturated carbocycles. The molecular weight excluding hydrogens is 253 g/mol. The third kappa shape index (κ3) is 2.81. The van der Waals surface area contributed by atoms with Gasteiger partial charge in [-0.2, -0.15) is 0 Å². The topological polar surface area (TPSA) is 63.3 Å². The molecule has 0 heterocycles. The normalized spacial score (nSPS) is 10.3. The number of carboxylic acids is 1. The lowest BCUT2D eigenvalue weighted by Gasteiger charge is -2.04. The maximum Gasteiger partial charge on any atom is 0.335 e. The van der Waals surface area contributed by atoms with Gasteiger partial charge in [0.2, 0.25) is 0 Å². The van der Waals surface area contributed by atoms with Gasteiger partial charge in [0.25, 0.3) is 0 Å². The van der Waals surface area contributed by atoms with Gasteiger partial charge in [0.1, 0.15) is 5.82 Å². The van der Waals surface area contributed by atoms with E-state index in [0.717, 1.165) is 11.0 Å². The number of anilines is 1. The molecule has 92 valence electrons. The number of hydrogen-bond acceptors (Lipinski definition) is 3. The Morgan fingerprint density at radius 1 is 1.17 bits per heavy atom. The molecule has 0 aliphatic rings. The Morgan fingerprint density at radius 3 is 2.39 bits per heavy atom. The summed E-state index contributed by atoms with van der Waals surface area (Å²) in [6.07, 6.45) is 0. The maximum atomic E-state index is 13.7. The quantitative estimate of drug-likeness (QED) is 0.834. The van der Waals surface area contributed by atoms with Crippen molar-refractivity contribution >= 4 is 23.4 Å². The van der Waals surface area contributed by atoms with E-state index in [0.29, 0.717) is 10.6 Å². The average molecular weight is 263 g/mol. The molecule has 0 aromatic heterocycles. The molecule has 18 heavy (non-hydrogen) atoms. The van der Waals surface area contributed by atoms with Crippen LogP contribution in [-0.2, 0) is 0 Å². The Kier molecular flexibility index (Phi) is 3.53. The number of benzene rings is 2. The van der Waals surface area contributed by atoms with Crippen LogP contribution in [-0.4, -0.2) is 11.1 Å². The zero-order chi connectivity index (χ0) is 13.1. The molecule has 0 spiro atoms. The smallest absolute Gasteiger partial charge is 0.335 e. The number of aromatic carboxylic acids is 1. The summed E-state index contributed by atoms with van der Waals surface area (Å²) >= 11 is 1.22. The number of carboxylic acid groups (broad SMARTS) is 1. The first-order valence-electron chi connectivity index (χ1n) is 5.12. The van der Waals surface area contributed by atoms with E-state index in [1.54, 1.807) is 24.3 Å². The van der Waals surface area contributed by atoms with Crippen molar-refractivity contribution in [2.24, 2.45) is 0 Å². The molecule has 3 N–H and O–H groups in total. The summed E-state index contributed by atoms with van der Waals surface area (Å²) in [6.45, 7) is 0. The summed E-state index contributed by atoms with van der Waals surface area (Å²) in [6, 6.07) is 10.9. The van der Waals surface area contributed by atoms with Crippen LogP contribution in [0.25, 0.3) is 0 Å². The molecule has 5 heteroatoms. The number of rotatable bonds is 3. The van der Waals surface area contributed by atoms with Crippen molar-refractivity contribution in [3.63, 3.8) is 0 Å². The summed E-state index contributed by atoms with van der Waals surface area (Å²) in [7, 11) is 0.